The zero-order valence-corrected chi connectivity index (χ0v) is 8.30. The molecule has 0 saturated heterocycles. The summed E-state index contributed by atoms with van der Waals surface area (Å²) in [5.41, 5.74) is -0.581. The molecule has 0 aliphatic heterocycles. The van der Waals surface area contributed by atoms with Crippen LogP contribution in [-0.2, 0) is 4.79 Å². The van der Waals surface area contributed by atoms with Crippen molar-refractivity contribution in [3.05, 3.63) is 23.8 Å². The van der Waals surface area contributed by atoms with E-state index >= 15 is 0 Å². The Morgan fingerprint density at radius 3 is 2.44 bits per heavy atom. The molecule has 3 N–H and O–H groups in total. The number of rotatable bonds is 3. The molecule has 16 heavy (non-hydrogen) atoms. The number of hydrogen-bond acceptors (Lipinski definition) is 6. The number of carboxylic acid groups (broad SMARTS) is 1. The summed E-state index contributed by atoms with van der Waals surface area (Å²) < 4.78 is 0. The SMILES string of the molecule is CC(=O)Nc1ccc(N(O)O)c(C(=O)[O-])c1. The Bertz CT molecular complexity index is 430. The van der Waals surface area contributed by atoms with E-state index in [9.17, 15) is 14.7 Å². The van der Waals surface area contributed by atoms with Crippen molar-refractivity contribution in [3.63, 3.8) is 0 Å². The minimum atomic E-state index is -1.59. The lowest BCUT2D eigenvalue weighted by Gasteiger charge is -2.15. The van der Waals surface area contributed by atoms with Crippen LogP contribution < -0.4 is 15.6 Å². The van der Waals surface area contributed by atoms with Gasteiger partial charge in [-0.2, -0.15) is 0 Å². The Hall–Kier alpha value is -2.12. The van der Waals surface area contributed by atoms with Crippen molar-refractivity contribution in [1.82, 2.24) is 0 Å². The van der Waals surface area contributed by atoms with Crippen molar-refractivity contribution in [3.8, 4) is 0 Å². The van der Waals surface area contributed by atoms with Crippen LogP contribution in [0.1, 0.15) is 17.3 Å². The number of nitrogens with zero attached hydrogens (tertiary/aromatic N) is 1. The number of carbonyl (C=O) groups excluding carboxylic acids is 2. The first kappa shape index (κ1) is 12.0. The van der Waals surface area contributed by atoms with Crippen LogP contribution in [0.2, 0.25) is 0 Å². The molecule has 7 heteroatoms. The molecule has 0 aliphatic rings. The highest BCUT2D eigenvalue weighted by atomic mass is 16.8. The van der Waals surface area contributed by atoms with E-state index in [0.717, 1.165) is 12.1 Å². The first-order valence-electron chi connectivity index (χ1n) is 4.22. The van der Waals surface area contributed by atoms with Gasteiger partial charge in [0.25, 0.3) is 0 Å². The molecule has 7 nitrogen and oxygen atoms in total. The Morgan fingerprint density at radius 1 is 1.38 bits per heavy atom. The van der Waals surface area contributed by atoms with Crippen LogP contribution in [-0.4, -0.2) is 22.3 Å². The number of benzene rings is 1. The zero-order valence-electron chi connectivity index (χ0n) is 8.30. The molecule has 1 aromatic carbocycles. The second-order valence-corrected chi connectivity index (χ2v) is 2.99. The Kier molecular flexibility index (Phi) is 3.44. The minimum Gasteiger partial charge on any atom is -0.545 e. The van der Waals surface area contributed by atoms with E-state index in [0.29, 0.717) is 0 Å². The van der Waals surface area contributed by atoms with Gasteiger partial charge in [-0.15, -0.1) is 5.23 Å². The third-order valence-electron chi connectivity index (χ3n) is 1.75. The van der Waals surface area contributed by atoms with E-state index in [4.69, 9.17) is 10.4 Å². The molecule has 0 saturated carbocycles. The molecule has 0 bridgehead atoms. The van der Waals surface area contributed by atoms with Crippen molar-refractivity contribution >= 4 is 23.3 Å². The number of nitrogens with one attached hydrogen (secondary N) is 1. The van der Waals surface area contributed by atoms with Crippen LogP contribution in [0.4, 0.5) is 11.4 Å². The van der Waals surface area contributed by atoms with E-state index in [1.54, 1.807) is 0 Å². The topological polar surface area (TPSA) is 113 Å². The molecule has 1 aromatic rings. The lowest BCUT2D eigenvalue weighted by atomic mass is 10.1. The van der Waals surface area contributed by atoms with E-state index in [1.165, 1.54) is 13.0 Å². The lowest BCUT2D eigenvalue weighted by molar-refractivity contribution is -0.255. The van der Waals surface area contributed by atoms with Gasteiger partial charge in [0, 0.05) is 18.2 Å². The maximum atomic E-state index is 10.7. The van der Waals surface area contributed by atoms with Crippen LogP contribution in [0.5, 0.6) is 0 Å². The van der Waals surface area contributed by atoms with Crippen LogP contribution in [0, 0.1) is 0 Å². The van der Waals surface area contributed by atoms with Crippen molar-refractivity contribution in [2.24, 2.45) is 0 Å². The molecule has 1 rings (SSSR count). The molecule has 0 fully saturated rings. The normalized spacial score (nSPS) is 9.69. The quantitative estimate of drug-likeness (QED) is 0.603. The van der Waals surface area contributed by atoms with Gasteiger partial charge in [0.1, 0.15) is 5.69 Å². The largest absolute Gasteiger partial charge is 0.545 e. The lowest BCUT2D eigenvalue weighted by Crippen LogP contribution is -2.26. The van der Waals surface area contributed by atoms with Crippen LogP contribution in [0.25, 0.3) is 0 Å². The molecule has 0 radical (unpaired) electrons. The molecule has 86 valence electrons. The molecule has 0 unspecified atom stereocenters. The summed E-state index contributed by atoms with van der Waals surface area (Å²) in [6.45, 7) is 1.26. The fourth-order valence-corrected chi connectivity index (χ4v) is 1.15. The highest BCUT2D eigenvalue weighted by Crippen LogP contribution is 2.22. The number of aromatic carboxylic acids is 1. The predicted octanol–water partition coefficient (Wildman–Crippen LogP) is -0.407. The molecule has 1 amide bonds. The minimum absolute atomic E-state index is 0.220. The summed E-state index contributed by atoms with van der Waals surface area (Å²) in [5, 5.41) is 30.2. The molecule has 0 heterocycles. The Morgan fingerprint density at radius 2 is 2.00 bits per heavy atom. The number of anilines is 2. The fourth-order valence-electron chi connectivity index (χ4n) is 1.15. The van der Waals surface area contributed by atoms with E-state index < -0.39 is 11.5 Å². The summed E-state index contributed by atoms with van der Waals surface area (Å²) >= 11 is 0. The average molecular weight is 225 g/mol. The molecule has 0 aromatic heterocycles. The summed E-state index contributed by atoms with van der Waals surface area (Å²) in [6.07, 6.45) is 0. The Labute approximate surface area is 90.4 Å². The van der Waals surface area contributed by atoms with Crippen LogP contribution in [0.3, 0.4) is 0 Å². The molecule has 0 aliphatic carbocycles. The van der Waals surface area contributed by atoms with Gasteiger partial charge in [0.2, 0.25) is 5.91 Å². The third kappa shape index (κ3) is 2.69. The van der Waals surface area contributed by atoms with Gasteiger partial charge in [-0.1, -0.05) is 0 Å². The standard InChI is InChI=1S/C9H10N2O5/c1-5(12)10-6-2-3-8(11(15)16)7(4-6)9(13)14/h2-4,15-16H,1H3,(H,10,12)(H,13,14)/p-1. The van der Waals surface area contributed by atoms with Gasteiger partial charge in [-0.3, -0.25) is 15.2 Å². The highest BCUT2D eigenvalue weighted by Gasteiger charge is 2.09. The van der Waals surface area contributed by atoms with Gasteiger partial charge in [-0.05, 0) is 18.2 Å². The van der Waals surface area contributed by atoms with Gasteiger partial charge in [0.15, 0.2) is 0 Å². The van der Waals surface area contributed by atoms with E-state index in [2.05, 4.69) is 5.32 Å². The predicted molar refractivity (Wildman–Crippen MR) is 51.1 cm³/mol. The smallest absolute Gasteiger partial charge is 0.221 e. The summed E-state index contributed by atoms with van der Waals surface area (Å²) in [7, 11) is 0. The van der Waals surface area contributed by atoms with E-state index in [-0.39, 0.29) is 22.5 Å². The van der Waals surface area contributed by atoms with Crippen molar-refractivity contribution in [2.45, 2.75) is 6.92 Å². The summed E-state index contributed by atoms with van der Waals surface area (Å²) in [6, 6.07) is 3.50. The second-order valence-electron chi connectivity index (χ2n) is 2.99. The van der Waals surface area contributed by atoms with Crippen molar-refractivity contribution in [1.29, 1.82) is 0 Å². The monoisotopic (exact) mass is 225 g/mol. The molecular formula is C9H9N2O5-. The number of carboxylic acids is 1. The first-order valence-corrected chi connectivity index (χ1v) is 4.22. The molecule has 0 atom stereocenters. The first-order chi connectivity index (χ1) is 7.41. The van der Waals surface area contributed by atoms with Crippen molar-refractivity contribution in [2.75, 3.05) is 10.5 Å². The maximum Gasteiger partial charge on any atom is 0.221 e. The van der Waals surface area contributed by atoms with Gasteiger partial charge in [0.05, 0.1) is 5.97 Å². The average Bonchev–Trinajstić information content (AvgIpc) is 2.16. The second kappa shape index (κ2) is 4.60. The third-order valence-corrected chi connectivity index (χ3v) is 1.75. The Balaban J connectivity index is 3.17. The van der Waals surface area contributed by atoms with Crippen LogP contribution in [0.15, 0.2) is 18.2 Å². The number of carbonyl (C=O) groups is 2. The molecular weight excluding hydrogens is 216 g/mol. The van der Waals surface area contributed by atoms with Gasteiger partial charge in [-0.25, -0.2) is 0 Å². The maximum absolute atomic E-state index is 10.7. The van der Waals surface area contributed by atoms with Crippen molar-refractivity contribution < 1.29 is 25.1 Å². The van der Waals surface area contributed by atoms with E-state index in [1.807, 2.05) is 0 Å². The fraction of sp³-hybridized carbons (Fsp3) is 0.111. The molecule has 0 spiro atoms. The summed E-state index contributed by atoms with van der Waals surface area (Å²) in [4.78, 5) is 21.4. The summed E-state index contributed by atoms with van der Waals surface area (Å²) in [5.74, 6) is -1.96. The van der Waals surface area contributed by atoms with Gasteiger partial charge < -0.3 is 15.2 Å². The zero-order chi connectivity index (χ0) is 12.3. The van der Waals surface area contributed by atoms with Gasteiger partial charge >= 0.3 is 0 Å². The highest BCUT2D eigenvalue weighted by molar-refractivity contribution is 5.96. The van der Waals surface area contributed by atoms with Crippen LogP contribution >= 0.6 is 0 Å². The number of hydrogen-bond donors (Lipinski definition) is 3. The number of amides is 1.